The Balaban J connectivity index is 2.13. The van der Waals surface area contributed by atoms with Crippen molar-refractivity contribution in [1.82, 2.24) is 4.98 Å². The Hall–Kier alpha value is -1.76. The fourth-order valence-corrected chi connectivity index (χ4v) is 2.59. The van der Waals surface area contributed by atoms with Crippen LogP contribution in [0.4, 0.5) is 11.5 Å². The Bertz CT molecular complexity index is 453. The first-order chi connectivity index (χ1) is 8.63. The summed E-state index contributed by atoms with van der Waals surface area (Å²) < 4.78 is 0. The molecule has 2 N–H and O–H groups in total. The average Bonchev–Trinajstić information content (AvgIpc) is 2.39. The SMILES string of the molecule is CC(C)C1CCN(c2nccc(C#N)c2N)CC1. The first-order valence-electron chi connectivity index (χ1n) is 6.53. The van der Waals surface area contributed by atoms with E-state index >= 15 is 0 Å². The standard InChI is InChI=1S/C14H20N4/c1-10(2)11-4-7-18(8-5-11)14-13(16)12(9-15)3-6-17-14/h3,6,10-11H,4-5,7-8,16H2,1-2H3. The van der Waals surface area contributed by atoms with Crippen LogP contribution in [0.5, 0.6) is 0 Å². The second-order valence-corrected chi connectivity index (χ2v) is 5.28. The van der Waals surface area contributed by atoms with Crippen LogP contribution in [0.1, 0.15) is 32.3 Å². The molecule has 2 heterocycles. The molecular formula is C14H20N4. The van der Waals surface area contributed by atoms with Crippen LogP contribution in [0.15, 0.2) is 12.3 Å². The zero-order chi connectivity index (χ0) is 13.1. The zero-order valence-electron chi connectivity index (χ0n) is 11.1. The summed E-state index contributed by atoms with van der Waals surface area (Å²) in [7, 11) is 0. The molecule has 1 aromatic heterocycles. The minimum atomic E-state index is 0.517. The van der Waals surface area contributed by atoms with E-state index in [4.69, 9.17) is 11.0 Å². The van der Waals surface area contributed by atoms with E-state index in [1.54, 1.807) is 12.3 Å². The molecule has 1 fully saturated rings. The lowest BCUT2D eigenvalue weighted by Gasteiger charge is -2.35. The molecule has 0 spiro atoms. The number of aromatic nitrogens is 1. The molecule has 0 bridgehead atoms. The van der Waals surface area contributed by atoms with Gasteiger partial charge in [-0.3, -0.25) is 0 Å². The molecule has 0 aliphatic carbocycles. The third kappa shape index (κ3) is 2.40. The number of anilines is 2. The Morgan fingerprint density at radius 2 is 2.11 bits per heavy atom. The van der Waals surface area contributed by atoms with Crippen molar-refractivity contribution in [2.24, 2.45) is 11.8 Å². The first kappa shape index (κ1) is 12.7. The fourth-order valence-electron chi connectivity index (χ4n) is 2.59. The van der Waals surface area contributed by atoms with Gasteiger partial charge in [0, 0.05) is 19.3 Å². The van der Waals surface area contributed by atoms with E-state index < -0.39 is 0 Å². The van der Waals surface area contributed by atoms with Gasteiger partial charge < -0.3 is 10.6 Å². The smallest absolute Gasteiger partial charge is 0.153 e. The zero-order valence-corrected chi connectivity index (χ0v) is 11.1. The highest BCUT2D eigenvalue weighted by Crippen LogP contribution is 2.30. The molecule has 0 saturated carbocycles. The van der Waals surface area contributed by atoms with Crippen molar-refractivity contribution in [2.45, 2.75) is 26.7 Å². The van der Waals surface area contributed by atoms with E-state index in [0.717, 1.165) is 30.7 Å². The van der Waals surface area contributed by atoms with Gasteiger partial charge in [-0.2, -0.15) is 5.26 Å². The van der Waals surface area contributed by atoms with Crippen molar-refractivity contribution < 1.29 is 0 Å². The van der Waals surface area contributed by atoms with Gasteiger partial charge in [0.15, 0.2) is 5.82 Å². The molecule has 96 valence electrons. The maximum Gasteiger partial charge on any atom is 0.153 e. The summed E-state index contributed by atoms with van der Waals surface area (Å²) >= 11 is 0. The van der Waals surface area contributed by atoms with Crippen LogP contribution in [0.25, 0.3) is 0 Å². The maximum absolute atomic E-state index is 8.98. The van der Waals surface area contributed by atoms with E-state index in [1.165, 1.54) is 12.8 Å². The van der Waals surface area contributed by atoms with E-state index in [9.17, 15) is 0 Å². The van der Waals surface area contributed by atoms with Crippen LogP contribution in [0, 0.1) is 23.2 Å². The third-order valence-corrected chi connectivity index (χ3v) is 3.87. The Kier molecular flexibility index (Phi) is 3.71. The molecule has 4 heteroatoms. The molecule has 0 amide bonds. The topological polar surface area (TPSA) is 65.9 Å². The second kappa shape index (κ2) is 5.26. The highest BCUT2D eigenvalue weighted by Gasteiger charge is 2.23. The number of hydrogen-bond donors (Lipinski definition) is 1. The number of pyridine rings is 1. The minimum absolute atomic E-state index is 0.517. The van der Waals surface area contributed by atoms with Crippen molar-refractivity contribution in [3.8, 4) is 6.07 Å². The molecule has 1 aliphatic heterocycles. The summed E-state index contributed by atoms with van der Waals surface area (Å²) in [6.07, 6.45) is 4.02. The Morgan fingerprint density at radius 3 is 2.67 bits per heavy atom. The lowest BCUT2D eigenvalue weighted by atomic mass is 9.87. The number of nitrogens with two attached hydrogens (primary N) is 1. The number of nitrogens with zero attached hydrogens (tertiary/aromatic N) is 3. The van der Waals surface area contributed by atoms with E-state index in [0.29, 0.717) is 11.3 Å². The first-order valence-corrected chi connectivity index (χ1v) is 6.53. The van der Waals surface area contributed by atoms with Crippen LogP contribution in [0.3, 0.4) is 0 Å². The largest absolute Gasteiger partial charge is 0.395 e. The number of rotatable bonds is 2. The van der Waals surface area contributed by atoms with Gasteiger partial charge >= 0.3 is 0 Å². The van der Waals surface area contributed by atoms with Crippen molar-refractivity contribution in [1.29, 1.82) is 5.26 Å². The monoisotopic (exact) mass is 244 g/mol. The van der Waals surface area contributed by atoms with Gasteiger partial charge in [0.2, 0.25) is 0 Å². The van der Waals surface area contributed by atoms with Crippen molar-refractivity contribution in [2.75, 3.05) is 23.7 Å². The van der Waals surface area contributed by atoms with Crippen LogP contribution in [-0.4, -0.2) is 18.1 Å². The molecule has 0 unspecified atom stereocenters. The maximum atomic E-state index is 8.98. The van der Waals surface area contributed by atoms with Crippen LogP contribution in [-0.2, 0) is 0 Å². The Labute approximate surface area is 108 Å². The van der Waals surface area contributed by atoms with Crippen LogP contribution >= 0.6 is 0 Å². The molecule has 1 aromatic rings. The second-order valence-electron chi connectivity index (χ2n) is 5.28. The normalized spacial score (nSPS) is 16.9. The van der Waals surface area contributed by atoms with Crippen LogP contribution < -0.4 is 10.6 Å². The van der Waals surface area contributed by atoms with Crippen molar-refractivity contribution >= 4 is 11.5 Å². The number of hydrogen-bond acceptors (Lipinski definition) is 4. The molecule has 4 nitrogen and oxygen atoms in total. The van der Waals surface area contributed by atoms with E-state index in [-0.39, 0.29) is 0 Å². The van der Waals surface area contributed by atoms with Gasteiger partial charge in [-0.25, -0.2) is 4.98 Å². The van der Waals surface area contributed by atoms with Gasteiger partial charge in [0.1, 0.15) is 6.07 Å². The molecule has 1 aliphatic rings. The third-order valence-electron chi connectivity index (χ3n) is 3.87. The molecular weight excluding hydrogens is 224 g/mol. The highest BCUT2D eigenvalue weighted by molar-refractivity contribution is 5.70. The van der Waals surface area contributed by atoms with E-state index in [1.807, 2.05) is 0 Å². The van der Waals surface area contributed by atoms with Gasteiger partial charge in [0.25, 0.3) is 0 Å². The molecule has 0 atom stereocenters. The average molecular weight is 244 g/mol. The predicted octanol–water partition coefficient (Wildman–Crippen LogP) is 2.41. The lowest BCUT2D eigenvalue weighted by Crippen LogP contribution is -2.36. The fraction of sp³-hybridized carbons (Fsp3) is 0.571. The van der Waals surface area contributed by atoms with Crippen molar-refractivity contribution in [3.63, 3.8) is 0 Å². The summed E-state index contributed by atoms with van der Waals surface area (Å²) in [6.45, 7) is 6.52. The summed E-state index contributed by atoms with van der Waals surface area (Å²) in [6, 6.07) is 3.78. The van der Waals surface area contributed by atoms with Gasteiger partial charge in [-0.15, -0.1) is 0 Å². The van der Waals surface area contributed by atoms with Gasteiger partial charge in [-0.1, -0.05) is 13.8 Å². The molecule has 18 heavy (non-hydrogen) atoms. The summed E-state index contributed by atoms with van der Waals surface area (Å²) in [5.41, 5.74) is 7.03. The molecule has 0 radical (unpaired) electrons. The Morgan fingerprint density at radius 1 is 1.44 bits per heavy atom. The number of piperidine rings is 1. The van der Waals surface area contributed by atoms with Gasteiger partial charge in [0.05, 0.1) is 11.3 Å². The quantitative estimate of drug-likeness (QED) is 0.867. The molecule has 0 aromatic carbocycles. The van der Waals surface area contributed by atoms with Gasteiger partial charge in [-0.05, 0) is 30.7 Å². The lowest BCUT2D eigenvalue weighted by molar-refractivity contribution is 0.311. The molecule has 2 rings (SSSR count). The summed E-state index contributed by atoms with van der Waals surface area (Å²) in [5.74, 6) is 2.31. The number of nitriles is 1. The van der Waals surface area contributed by atoms with E-state index in [2.05, 4.69) is 29.8 Å². The minimum Gasteiger partial charge on any atom is -0.395 e. The van der Waals surface area contributed by atoms with Crippen molar-refractivity contribution in [3.05, 3.63) is 17.8 Å². The summed E-state index contributed by atoms with van der Waals surface area (Å²) in [5, 5.41) is 8.98. The highest BCUT2D eigenvalue weighted by atomic mass is 15.2. The predicted molar refractivity (Wildman–Crippen MR) is 73.1 cm³/mol. The molecule has 1 saturated heterocycles. The summed E-state index contributed by atoms with van der Waals surface area (Å²) in [4.78, 5) is 6.53. The number of nitrogen functional groups attached to an aromatic ring is 1. The van der Waals surface area contributed by atoms with Crippen LogP contribution in [0.2, 0.25) is 0 Å².